The maximum atomic E-state index is 12.7. The molecule has 1 aromatic heterocycles. The molecule has 1 amide bonds. The van der Waals surface area contributed by atoms with Gasteiger partial charge in [-0.3, -0.25) is 19.9 Å². The van der Waals surface area contributed by atoms with Gasteiger partial charge in [-0.15, -0.1) is 0 Å². The van der Waals surface area contributed by atoms with E-state index in [1.54, 1.807) is 12.1 Å². The van der Waals surface area contributed by atoms with Crippen molar-refractivity contribution >= 4 is 33.8 Å². The number of aromatic nitrogens is 2. The first kappa shape index (κ1) is 23.4. The lowest BCUT2D eigenvalue weighted by molar-refractivity contribution is -0.113. The molecule has 3 rings (SSSR count). The Bertz CT molecular complexity index is 1170. The van der Waals surface area contributed by atoms with Crippen LogP contribution in [-0.4, -0.2) is 34.3 Å². The quantitative estimate of drug-likeness (QED) is 0.360. The smallest absolute Gasteiger partial charge is 0.338 e. The number of aromatic amines is 1. The van der Waals surface area contributed by atoms with Gasteiger partial charge in [0.15, 0.2) is 0 Å². The summed E-state index contributed by atoms with van der Waals surface area (Å²) in [4.78, 5) is 43.5. The van der Waals surface area contributed by atoms with Crippen molar-refractivity contribution in [2.75, 3.05) is 17.8 Å². The normalized spacial score (nSPS) is 10.6. The third-order valence-corrected chi connectivity index (χ3v) is 5.45. The fraction of sp³-hybridized carbons (Fsp3) is 0.250. The summed E-state index contributed by atoms with van der Waals surface area (Å²) >= 11 is 3.08. The van der Waals surface area contributed by atoms with E-state index in [0.29, 0.717) is 29.7 Å². The van der Waals surface area contributed by atoms with E-state index in [-0.39, 0.29) is 22.7 Å². The number of ether oxygens (including phenoxy) is 1. The Labute approximate surface area is 194 Å². The van der Waals surface area contributed by atoms with Gasteiger partial charge in [-0.2, -0.15) is 0 Å². The van der Waals surface area contributed by atoms with Crippen LogP contribution in [0.1, 0.15) is 40.5 Å². The number of carbonyl (C=O) groups is 2. The van der Waals surface area contributed by atoms with E-state index in [4.69, 9.17) is 4.74 Å². The van der Waals surface area contributed by atoms with Gasteiger partial charge in [0.2, 0.25) is 11.9 Å². The number of methoxy groups -OCH3 is 1. The van der Waals surface area contributed by atoms with Crippen molar-refractivity contribution in [1.29, 1.82) is 0 Å². The minimum Gasteiger partial charge on any atom is -0.465 e. The number of alkyl halides is 1. The molecular formula is C24H24BrN3O4. The molecule has 32 heavy (non-hydrogen) atoms. The summed E-state index contributed by atoms with van der Waals surface area (Å²) in [5.41, 5.74) is 4.06. The second-order valence-electron chi connectivity index (χ2n) is 7.18. The number of hydrogen-bond donors (Lipinski definition) is 2. The highest BCUT2D eigenvalue weighted by Gasteiger charge is 2.15. The fourth-order valence-electron chi connectivity index (χ4n) is 3.42. The van der Waals surface area contributed by atoms with E-state index < -0.39 is 5.97 Å². The minimum absolute atomic E-state index is 0.118. The predicted molar refractivity (Wildman–Crippen MR) is 127 cm³/mol. The van der Waals surface area contributed by atoms with Crippen molar-refractivity contribution in [3.63, 3.8) is 0 Å². The van der Waals surface area contributed by atoms with Gasteiger partial charge in [0.05, 0.1) is 23.7 Å². The molecule has 2 N–H and O–H groups in total. The van der Waals surface area contributed by atoms with Crippen LogP contribution in [0.4, 0.5) is 5.95 Å². The number of benzene rings is 2. The first-order chi connectivity index (χ1) is 15.5. The molecule has 2 aromatic carbocycles. The van der Waals surface area contributed by atoms with Crippen molar-refractivity contribution in [2.24, 2.45) is 0 Å². The summed E-state index contributed by atoms with van der Waals surface area (Å²) in [6, 6.07) is 15.0. The average Bonchev–Trinajstić information content (AvgIpc) is 2.81. The number of amides is 1. The number of carbonyl (C=O) groups excluding carboxylic acids is 2. The molecule has 0 aliphatic rings. The van der Waals surface area contributed by atoms with E-state index in [9.17, 15) is 14.4 Å². The van der Waals surface area contributed by atoms with Crippen molar-refractivity contribution in [1.82, 2.24) is 9.97 Å². The standard InChI is InChI=1S/C24H24BrN3O4/c1-3-6-20-19(22(30)28-24(26-20)27-21(29)14-25)13-15-9-11-16(12-10-15)17-7-4-5-8-18(17)23(31)32-2/h4-5,7-12H,3,6,13-14H2,1-2H3,(H2,26,27,28,29,30). The molecule has 0 radical (unpaired) electrons. The van der Waals surface area contributed by atoms with Crippen LogP contribution >= 0.6 is 15.9 Å². The number of esters is 1. The second-order valence-corrected chi connectivity index (χ2v) is 7.74. The number of hydrogen-bond acceptors (Lipinski definition) is 5. The second kappa shape index (κ2) is 10.9. The van der Waals surface area contributed by atoms with Crippen LogP contribution < -0.4 is 10.9 Å². The van der Waals surface area contributed by atoms with Gasteiger partial charge >= 0.3 is 5.97 Å². The molecule has 8 heteroatoms. The molecule has 0 unspecified atom stereocenters. The Morgan fingerprint density at radius 2 is 1.84 bits per heavy atom. The predicted octanol–water partition coefficient (Wildman–Crippen LogP) is 4.10. The molecule has 0 saturated heterocycles. The molecule has 0 bridgehead atoms. The van der Waals surface area contributed by atoms with Gasteiger partial charge in [-0.05, 0) is 29.2 Å². The van der Waals surface area contributed by atoms with Crippen molar-refractivity contribution in [2.45, 2.75) is 26.2 Å². The van der Waals surface area contributed by atoms with E-state index in [0.717, 1.165) is 23.1 Å². The van der Waals surface area contributed by atoms with Crippen molar-refractivity contribution in [3.8, 4) is 11.1 Å². The summed E-state index contributed by atoms with van der Waals surface area (Å²) in [6.07, 6.45) is 1.85. The summed E-state index contributed by atoms with van der Waals surface area (Å²) in [7, 11) is 1.36. The minimum atomic E-state index is -0.390. The molecule has 0 aliphatic heterocycles. The molecule has 0 atom stereocenters. The van der Waals surface area contributed by atoms with Gasteiger partial charge < -0.3 is 4.74 Å². The van der Waals surface area contributed by atoms with E-state index in [1.807, 2.05) is 43.3 Å². The van der Waals surface area contributed by atoms with Crippen LogP contribution in [0.15, 0.2) is 53.3 Å². The summed E-state index contributed by atoms with van der Waals surface area (Å²) in [5.74, 6) is -0.522. The van der Waals surface area contributed by atoms with Gasteiger partial charge in [-0.25, -0.2) is 9.78 Å². The first-order valence-corrected chi connectivity index (χ1v) is 11.3. The Kier molecular flexibility index (Phi) is 7.94. The number of halogens is 1. The van der Waals surface area contributed by atoms with Crippen LogP contribution in [0.2, 0.25) is 0 Å². The highest BCUT2D eigenvalue weighted by molar-refractivity contribution is 9.09. The number of nitrogens with zero attached hydrogens (tertiary/aromatic N) is 1. The maximum Gasteiger partial charge on any atom is 0.338 e. The molecular weight excluding hydrogens is 474 g/mol. The number of aryl methyl sites for hydroxylation is 1. The van der Waals surface area contributed by atoms with Crippen LogP contribution in [-0.2, 0) is 22.4 Å². The third-order valence-electron chi connectivity index (χ3n) is 4.95. The molecule has 0 aliphatic carbocycles. The lowest BCUT2D eigenvalue weighted by Crippen LogP contribution is -2.23. The van der Waals surface area contributed by atoms with Gasteiger partial charge in [0.25, 0.3) is 5.56 Å². The number of anilines is 1. The lowest BCUT2D eigenvalue weighted by atomic mass is 9.96. The zero-order valence-corrected chi connectivity index (χ0v) is 19.5. The van der Waals surface area contributed by atoms with E-state index >= 15 is 0 Å². The van der Waals surface area contributed by atoms with Gasteiger partial charge in [0, 0.05) is 12.0 Å². The van der Waals surface area contributed by atoms with Crippen LogP contribution in [0, 0.1) is 0 Å². The molecule has 7 nitrogen and oxygen atoms in total. The summed E-state index contributed by atoms with van der Waals surface area (Å²) in [6.45, 7) is 2.01. The number of rotatable bonds is 8. The van der Waals surface area contributed by atoms with Crippen LogP contribution in [0.5, 0.6) is 0 Å². The van der Waals surface area contributed by atoms with Gasteiger partial charge in [-0.1, -0.05) is 71.7 Å². The number of nitrogens with one attached hydrogen (secondary N) is 2. The van der Waals surface area contributed by atoms with E-state index in [2.05, 4.69) is 31.2 Å². The SMILES string of the molecule is CCCc1nc(NC(=O)CBr)[nH]c(=O)c1Cc1ccc(-c2ccccc2C(=O)OC)cc1. The lowest BCUT2D eigenvalue weighted by Gasteiger charge is -2.11. The summed E-state index contributed by atoms with van der Waals surface area (Å²) < 4.78 is 4.88. The molecule has 0 spiro atoms. The van der Waals surface area contributed by atoms with Crippen LogP contribution in [0.25, 0.3) is 11.1 Å². The number of H-pyrrole nitrogens is 1. The zero-order chi connectivity index (χ0) is 23.1. The Balaban J connectivity index is 1.89. The van der Waals surface area contributed by atoms with E-state index in [1.165, 1.54) is 7.11 Å². The van der Waals surface area contributed by atoms with Crippen molar-refractivity contribution < 1.29 is 14.3 Å². The average molecular weight is 498 g/mol. The largest absolute Gasteiger partial charge is 0.465 e. The Morgan fingerprint density at radius 1 is 1.12 bits per heavy atom. The maximum absolute atomic E-state index is 12.7. The molecule has 166 valence electrons. The molecule has 1 heterocycles. The molecule has 0 fully saturated rings. The Hall–Kier alpha value is -3.26. The monoisotopic (exact) mass is 497 g/mol. The van der Waals surface area contributed by atoms with Gasteiger partial charge in [0.1, 0.15) is 0 Å². The molecule has 3 aromatic rings. The topological polar surface area (TPSA) is 101 Å². The molecule has 0 saturated carbocycles. The highest BCUT2D eigenvalue weighted by atomic mass is 79.9. The first-order valence-electron chi connectivity index (χ1n) is 10.2. The Morgan fingerprint density at radius 3 is 2.50 bits per heavy atom. The zero-order valence-electron chi connectivity index (χ0n) is 17.9. The fourth-order valence-corrected chi connectivity index (χ4v) is 3.56. The third kappa shape index (κ3) is 5.50. The summed E-state index contributed by atoms with van der Waals surface area (Å²) in [5, 5.41) is 2.69. The van der Waals surface area contributed by atoms with Crippen LogP contribution in [0.3, 0.4) is 0 Å². The highest BCUT2D eigenvalue weighted by Crippen LogP contribution is 2.25. The van der Waals surface area contributed by atoms with Crippen molar-refractivity contribution in [3.05, 3.63) is 81.3 Å².